The molecule has 0 unspecified atom stereocenters. The predicted octanol–water partition coefficient (Wildman–Crippen LogP) is 1.69. The Bertz CT molecular complexity index is 157. The number of thiocarbonyl (C=S) groups is 1. The SMILES string of the molecule is S=CCc1cscn1. The maximum Gasteiger partial charge on any atom is 0.0794 e. The third-order valence-electron chi connectivity index (χ3n) is 0.776. The van der Waals surface area contributed by atoms with Crippen molar-refractivity contribution in [3.05, 3.63) is 16.6 Å². The highest BCUT2D eigenvalue weighted by atomic mass is 32.1. The van der Waals surface area contributed by atoms with E-state index in [-0.39, 0.29) is 0 Å². The molecule has 0 fully saturated rings. The number of rotatable bonds is 2. The first-order valence-electron chi connectivity index (χ1n) is 2.24. The molecule has 0 aliphatic rings. The monoisotopic (exact) mass is 143 g/mol. The Morgan fingerprint density at radius 2 is 2.75 bits per heavy atom. The Kier molecular flexibility index (Phi) is 2.11. The van der Waals surface area contributed by atoms with Crippen LogP contribution in [0.5, 0.6) is 0 Å². The van der Waals surface area contributed by atoms with Gasteiger partial charge >= 0.3 is 0 Å². The molecule has 0 radical (unpaired) electrons. The molecule has 1 aromatic heterocycles. The number of aromatic nitrogens is 1. The van der Waals surface area contributed by atoms with Crippen molar-refractivity contribution in [2.75, 3.05) is 0 Å². The fourth-order valence-corrected chi connectivity index (χ4v) is 1.17. The Morgan fingerprint density at radius 3 is 3.25 bits per heavy atom. The second kappa shape index (κ2) is 2.89. The molecular weight excluding hydrogens is 138 g/mol. The number of hydrogen-bond acceptors (Lipinski definition) is 3. The van der Waals surface area contributed by atoms with Crippen molar-refractivity contribution in [2.45, 2.75) is 6.42 Å². The van der Waals surface area contributed by atoms with Gasteiger partial charge in [-0.3, -0.25) is 0 Å². The van der Waals surface area contributed by atoms with Crippen molar-refractivity contribution in [1.82, 2.24) is 4.98 Å². The molecular formula is C5H5NS2. The average molecular weight is 143 g/mol. The minimum atomic E-state index is 0.818. The predicted molar refractivity (Wildman–Crippen MR) is 39.5 cm³/mol. The lowest BCUT2D eigenvalue weighted by molar-refractivity contribution is 1.22. The van der Waals surface area contributed by atoms with Gasteiger partial charge in [-0.2, -0.15) is 0 Å². The van der Waals surface area contributed by atoms with E-state index in [9.17, 15) is 0 Å². The molecule has 0 bridgehead atoms. The van der Waals surface area contributed by atoms with Gasteiger partial charge in [0.2, 0.25) is 0 Å². The van der Waals surface area contributed by atoms with Crippen LogP contribution in [0.15, 0.2) is 10.9 Å². The van der Waals surface area contributed by atoms with E-state index in [1.54, 1.807) is 16.7 Å². The van der Waals surface area contributed by atoms with Gasteiger partial charge in [0.15, 0.2) is 0 Å². The molecule has 0 saturated heterocycles. The largest absolute Gasteiger partial charge is 0.249 e. The molecule has 0 aromatic carbocycles. The Balaban J connectivity index is 2.62. The summed E-state index contributed by atoms with van der Waals surface area (Å²) in [7, 11) is 0. The second-order valence-electron chi connectivity index (χ2n) is 1.35. The van der Waals surface area contributed by atoms with E-state index in [1.165, 1.54) is 0 Å². The number of thiazole rings is 1. The van der Waals surface area contributed by atoms with Crippen molar-refractivity contribution in [3.8, 4) is 0 Å². The van der Waals surface area contributed by atoms with E-state index in [1.807, 2.05) is 10.9 Å². The minimum absolute atomic E-state index is 0.818. The summed E-state index contributed by atoms with van der Waals surface area (Å²) < 4.78 is 0. The van der Waals surface area contributed by atoms with E-state index in [0.717, 1.165) is 12.1 Å². The first-order chi connectivity index (χ1) is 3.93. The van der Waals surface area contributed by atoms with Gasteiger partial charge in [0.05, 0.1) is 11.2 Å². The maximum absolute atomic E-state index is 4.64. The molecule has 1 rings (SSSR count). The molecule has 3 heteroatoms. The zero-order valence-electron chi connectivity index (χ0n) is 4.20. The molecule has 1 aromatic rings. The van der Waals surface area contributed by atoms with E-state index in [2.05, 4.69) is 17.2 Å². The summed E-state index contributed by atoms with van der Waals surface area (Å²) in [6.07, 6.45) is 0.818. The third-order valence-corrected chi connectivity index (χ3v) is 1.58. The van der Waals surface area contributed by atoms with Crippen LogP contribution >= 0.6 is 23.6 Å². The molecule has 1 nitrogen and oxygen atoms in total. The molecule has 0 N–H and O–H groups in total. The highest BCUT2D eigenvalue weighted by molar-refractivity contribution is 7.78. The van der Waals surface area contributed by atoms with E-state index < -0.39 is 0 Å². The lowest BCUT2D eigenvalue weighted by Gasteiger charge is -1.78. The number of hydrogen-bond donors (Lipinski definition) is 0. The van der Waals surface area contributed by atoms with Crippen LogP contribution in [0.3, 0.4) is 0 Å². The summed E-state index contributed by atoms with van der Waals surface area (Å²) >= 11 is 6.24. The fourth-order valence-electron chi connectivity index (χ4n) is 0.424. The van der Waals surface area contributed by atoms with Crippen LogP contribution in [-0.2, 0) is 6.42 Å². The first-order valence-corrected chi connectivity index (χ1v) is 3.65. The first kappa shape index (κ1) is 5.85. The van der Waals surface area contributed by atoms with Crippen molar-refractivity contribution in [2.24, 2.45) is 0 Å². The van der Waals surface area contributed by atoms with Gasteiger partial charge in [-0.25, -0.2) is 4.98 Å². The van der Waals surface area contributed by atoms with Gasteiger partial charge in [-0.1, -0.05) is 12.2 Å². The Labute approximate surface area is 57.4 Å². The molecule has 0 saturated carbocycles. The van der Waals surface area contributed by atoms with Crippen molar-refractivity contribution >= 4 is 28.9 Å². The Hall–Kier alpha value is -0.280. The molecule has 42 valence electrons. The molecule has 0 amide bonds. The molecule has 1 heterocycles. The van der Waals surface area contributed by atoms with Crippen molar-refractivity contribution in [1.29, 1.82) is 0 Å². The lowest BCUT2D eigenvalue weighted by Crippen LogP contribution is -1.80. The molecule has 8 heavy (non-hydrogen) atoms. The second-order valence-corrected chi connectivity index (χ2v) is 2.40. The smallest absolute Gasteiger partial charge is 0.0794 e. The van der Waals surface area contributed by atoms with Crippen LogP contribution < -0.4 is 0 Å². The highest BCUT2D eigenvalue weighted by Gasteiger charge is 1.87. The topological polar surface area (TPSA) is 12.9 Å². The molecule has 0 aliphatic heterocycles. The molecule has 0 aliphatic carbocycles. The van der Waals surface area contributed by atoms with Crippen LogP contribution in [0, 0.1) is 0 Å². The van der Waals surface area contributed by atoms with Gasteiger partial charge in [-0.05, 0) is 5.37 Å². The zero-order valence-corrected chi connectivity index (χ0v) is 5.84. The quantitative estimate of drug-likeness (QED) is 0.584. The van der Waals surface area contributed by atoms with E-state index in [4.69, 9.17) is 0 Å². The van der Waals surface area contributed by atoms with Crippen LogP contribution in [-0.4, -0.2) is 10.4 Å². The van der Waals surface area contributed by atoms with Gasteiger partial charge in [-0.15, -0.1) is 11.3 Å². The average Bonchev–Trinajstić information content (AvgIpc) is 2.19. The van der Waals surface area contributed by atoms with Gasteiger partial charge in [0, 0.05) is 11.8 Å². The van der Waals surface area contributed by atoms with Crippen molar-refractivity contribution < 1.29 is 0 Å². The summed E-state index contributed by atoms with van der Waals surface area (Å²) in [6, 6.07) is 0. The lowest BCUT2D eigenvalue weighted by atomic mass is 10.4. The Morgan fingerprint density at radius 1 is 1.88 bits per heavy atom. The fraction of sp³-hybridized carbons (Fsp3) is 0.200. The van der Waals surface area contributed by atoms with Gasteiger partial charge in [0.25, 0.3) is 0 Å². The zero-order chi connectivity index (χ0) is 5.82. The van der Waals surface area contributed by atoms with Crippen molar-refractivity contribution in [3.63, 3.8) is 0 Å². The maximum atomic E-state index is 4.64. The van der Waals surface area contributed by atoms with Crippen LogP contribution in [0.4, 0.5) is 0 Å². The van der Waals surface area contributed by atoms with E-state index in [0.29, 0.717) is 0 Å². The normalized spacial score (nSPS) is 9.00. The van der Waals surface area contributed by atoms with Gasteiger partial charge < -0.3 is 0 Å². The van der Waals surface area contributed by atoms with Crippen LogP contribution in [0.25, 0.3) is 0 Å². The summed E-state index contributed by atoms with van der Waals surface area (Å²) in [6.45, 7) is 0. The summed E-state index contributed by atoms with van der Waals surface area (Å²) in [4.78, 5) is 4.03. The number of nitrogens with zero attached hydrogens (tertiary/aromatic N) is 1. The third kappa shape index (κ3) is 1.35. The molecule has 0 spiro atoms. The minimum Gasteiger partial charge on any atom is -0.249 e. The highest BCUT2D eigenvalue weighted by Crippen LogP contribution is 1.99. The molecule has 0 atom stereocenters. The summed E-state index contributed by atoms with van der Waals surface area (Å²) in [5, 5.41) is 3.69. The standard InChI is InChI=1S/C5H5NS2/c7-2-1-5-3-8-4-6-5/h2-4H,1H2. The summed E-state index contributed by atoms with van der Waals surface area (Å²) in [5.41, 5.74) is 2.89. The van der Waals surface area contributed by atoms with E-state index >= 15 is 0 Å². The van der Waals surface area contributed by atoms with Gasteiger partial charge in [0.1, 0.15) is 0 Å². The van der Waals surface area contributed by atoms with Crippen LogP contribution in [0.1, 0.15) is 5.69 Å². The van der Waals surface area contributed by atoms with Crippen LogP contribution in [0.2, 0.25) is 0 Å². The summed E-state index contributed by atoms with van der Waals surface area (Å²) in [5.74, 6) is 0.